The van der Waals surface area contributed by atoms with E-state index in [4.69, 9.17) is 10.00 Å². The molecule has 3 rings (SSSR count). The number of carbonyl (C=O) groups is 1. The molecule has 1 aliphatic heterocycles. The third-order valence-corrected chi connectivity index (χ3v) is 4.23. The maximum atomic E-state index is 12.4. The number of benzene rings is 1. The highest BCUT2D eigenvalue weighted by Crippen LogP contribution is 2.25. The van der Waals surface area contributed by atoms with Crippen LogP contribution in [0.5, 0.6) is 0 Å². The first-order chi connectivity index (χ1) is 11.6. The van der Waals surface area contributed by atoms with E-state index >= 15 is 0 Å². The van der Waals surface area contributed by atoms with Crippen molar-refractivity contribution in [2.45, 2.75) is 19.6 Å². The number of rotatable bonds is 4. The molecule has 5 heteroatoms. The molecule has 0 saturated heterocycles. The number of carbonyl (C=O) groups excluding carboxylic acids is 1. The van der Waals surface area contributed by atoms with Gasteiger partial charge in [0.1, 0.15) is 11.8 Å². The number of anilines is 1. The number of fused-ring (bicyclic) bond motifs is 1. The van der Waals surface area contributed by atoms with E-state index in [-0.39, 0.29) is 5.91 Å². The van der Waals surface area contributed by atoms with Crippen LogP contribution in [-0.4, -0.2) is 17.1 Å². The number of nitriles is 1. The van der Waals surface area contributed by atoms with Crippen molar-refractivity contribution in [3.63, 3.8) is 0 Å². The van der Waals surface area contributed by atoms with Gasteiger partial charge in [0.2, 0.25) is 0 Å². The predicted octanol–water partition coefficient (Wildman–Crippen LogP) is 2.69. The van der Waals surface area contributed by atoms with Crippen molar-refractivity contribution in [1.29, 1.82) is 5.26 Å². The van der Waals surface area contributed by atoms with E-state index in [9.17, 15) is 4.79 Å². The summed E-state index contributed by atoms with van der Waals surface area (Å²) in [6.45, 7) is 5.30. The van der Waals surface area contributed by atoms with Crippen LogP contribution in [0, 0.1) is 11.3 Å². The largest absolute Gasteiger partial charge is 0.376 e. The van der Waals surface area contributed by atoms with Crippen LogP contribution >= 0.6 is 0 Å². The summed E-state index contributed by atoms with van der Waals surface area (Å²) in [5, 5.41) is 9.09. The second-order valence-electron chi connectivity index (χ2n) is 5.84. The van der Waals surface area contributed by atoms with Crippen molar-refractivity contribution in [3.05, 3.63) is 65.5 Å². The van der Waals surface area contributed by atoms with Gasteiger partial charge in [-0.2, -0.15) is 5.26 Å². The van der Waals surface area contributed by atoms with Crippen LogP contribution in [0.15, 0.2) is 43.1 Å². The Kier molecular flexibility index (Phi) is 4.50. The zero-order valence-corrected chi connectivity index (χ0v) is 13.7. The van der Waals surface area contributed by atoms with E-state index < -0.39 is 0 Å². The summed E-state index contributed by atoms with van der Waals surface area (Å²) < 4.78 is 7.26. The van der Waals surface area contributed by atoms with Gasteiger partial charge >= 0.3 is 0 Å². The molecule has 2 aromatic rings. The fourth-order valence-electron chi connectivity index (χ4n) is 2.94. The quantitative estimate of drug-likeness (QED) is 0.814. The van der Waals surface area contributed by atoms with E-state index in [0.717, 1.165) is 29.8 Å². The number of nitrogens with zero attached hydrogens (tertiary/aromatic N) is 3. The molecule has 122 valence electrons. The summed E-state index contributed by atoms with van der Waals surface area (Å²) in [5.41, 5.74) is 4.66. The minimum atomic E-state index is -0.172. The van der Waals surface area contributed by atoms with E-state index in [1.54, 1.807) is 15.5 Å². The lowest BCUT2D eigenvalue weighted by atomic mass is 10.0. The molecular weight excluding hydrogens is 302 g/mol. The van der Waals surface area contributed by atoms with Gasteiger partial charge in [-0.15, -0.1) is 0 Å². The molecule has 5 nitrogen and oxygen atoms in total. The van der Waals surface area contributed by atoms with Crippen molar-refractivity contribution in [1.82, 2.24) is 4.57 Å². The number of aryl methyl sites for hydroxylation is 1. The molecule has 1 aromatic carbocycles. The number of hydrogen-bond donors (Lipinski definition) is 0. The van der Waals surface area contributed by atoms with E-state index in [0.29, 0.717) is 18.8 Å². The van der Waals surface area contributed by atoms with Crippen molar-refractivity contribution >= 4 is 11.6 Å². The minimum Gasteiger partial charge on any atom is -0.376 e. The molecule has 0 N–H and O–H groups in total. The minimum absolute atomic E-state index is 0.172. The third-order valence-electron chi connectivity index (χ3n) is 4.23. The van der Waals surface area contributed by atoms with E-state index in [1.165, 1.54) is 11.6 Å². The SMILES string of the molecule is C=CC(=O)N(Cc1cc(C#N)n(C)c1)c1ccc2c(c1)COCC2. The molecule has 1 aliphatic rings. The standard InChI is InChI=1S/C19H19N3O2/c1-3-19(23)22(12-14-8-18(10-20)21(2)11-14)17-5-4-15-6-7-24-13-16(15)9-17/h3-5,8-9,11H,1,6-7,12-13H2,2H3. The van der Waals surface area contributed by atoms with Crippen LogP contribution < -0.4 is 4.90 Å². The molecule has 2 heterocycles. The Bertz CT molecular complexity index is 830. The Morgan fingerprint density at radius 1 is 1.46 bits per heavy atom. The lowest BCUT2D eigenvalue weighted by Crippen LogP contribution is -2.28. The smallest absolute Gasteiger partial charge is 0.250 e. The highest BCUT2D eigenvalue weighted by molar-refractivity contribution is 6.01. The fraction of sp³-hybridized carbons (Fsp3) is 0.263. The van der Waals surface area contributed by atoms with Gasteiger partial charge in [0.05, 0.1) is 19.8 Å². The summed E-state index contributed by atoms with van der Waals surface area (Å²) in [6, 6.07) is 9.95. The number of aromatic nitrogens is 1. The van der Waals surface area contributed by atoms with Crippen molar-refractivity contribution in [2.24, 2.45) is 7.05 Å². The Morgan fingerprint density at radius 3 is 3.00 bits per heavy atom. The Labute approximate surface area is 141 Å². The molecule has 1 aromatic heterocycles. The van der Waals surface area contributed by atoms with Crippen molar-refractivity contribution in [3.8, 4) is 6.07 Å². The van der Waals surface area contributed by atoms with Gasteiger partial charge in [-0.3, -0.25) is 4.79 Å². The van der Waals surface area contributed by atoms with E-state index in [2.05, 4.69) is 18.7 Å². The predicted molar refractivity (Wildman–Crippen MR) is 91.3 cm³/mol. The first kappa shape index (κ1) is 16.0. The van der Waals surface area contributed by atoms with Gasteiger partial charge in [0, 0.05) is 18.9 Å². The topological polar surface area (TPSA) is 58.3 Å². The van der Waals surface area contributed by atoms with Gasteiger partial charge in [-0.25, -0.2) is 0 Å². The average Bonchev–Trinajstić information content (AvgIpc) is 2.98. The molecule has 0 spiro atoms. The van der Waals surface area contributed by atoms with Gasteiger partial charge in [-0.05, 0) is 47.4 Å². The highest BCUT2D eigenvalue weighted by atomic mass is 16.5. The fourth-order valence-corrected chi connectivity index (χ4v) is 2.94. The van der Waals surface area contributed by atoms with E-state index in [1.807, 2.05) is 25.4 Å². The van der Waals surface area contributed by atoms with Crippen molar-refractivity contribution in [2.75, 3.05) is 11.5 Å². The molecule has 0 aliphatic carbocycles. The molecule has 1 amide bonds. The number of ether oxygens (including phenoxy) is 1. The van der Waals surface area contributed by atoms with Gasteiger partial charge in [0.25, 0.3) is 5.91 Å². The summed E-state index contributed by atoms with van der Waals surface area (Å²) >= 11 is 0. The summed E-state index contributed by atoms with van der Waals surface area (Å²) in [4.78, 5) is 14.0. The zero-order valence-electron chi connectivity index (χ0n) is 13.7. The second kappa shape index (κ2) is 6.73. The molecule has 0 fully saturated rings. The van der Waals surface area contributed by atoms with Crippen LogP contribution in [-0.2, 0) is 36.2 Å². The molecular formula is C19H19N3O2. The summed E-state index contributed by atoms with van der Waals surface area (Å²) in [6.07, 6.45) is 4.07. The molecule has 0 unspecified atom stereocenters. The summed E-state index contributed by atoms with van der Waals surface area (Å²) in [5.74, 6) is -0.172. The van der Waals surface area contributed by atoms with Crippen LogP contribution in [0.3, 0.4) is 0 Å². The first-order valence-electron chi connectivity index (χ1n) is 7.81. The Balaban J connectivity index is 1.93. The normalized spacial score (nSPS) is 13.0. The van der Waals surface area contributed by atoms with Crippen molar-refractivity contribution < 1.29 is 9.53 Å². The highest BCUT2D eigenvalue weighted by Gasteiger charge is 2.18. The van der Waals surface area contributed by atoms with Gasteiger partial charge in [0.15, 0.2) is 0 Å². The number of hydrogen-bond acceptors (Lipinski definition) is 3. The first-order valence-corrected chi connectivity index (χ1v) is 7.81. The molecule has 0 radical (unpaired) electrons. The zero-order chi connectivity index (χ0) is 17.1. The van der Waals surface area contributed by atoms with Gasteiger partial charge in [-0.1, -0.05) is 12.6 Å². The Hall–Kier alpha value is -2.84. The second-order valence-corrected chi connectivity index (χ2v) is 5.84. The monoisotopic (exact) mass is 321 g/mol. The van der Waals surface area contributed by atoms with Crippen LogP contribution in [0.25, 0.3) is 0 Å². The maximum absolute atomic E-state index is 12.4. The molecule has 24 heavy (non-hydrogen) atoms. The summed E-state index contributed by atoms with van der Waals surface area (Å²) in [7, 11) is 1.82. The molecule has 0 saturated carbocycles. The average molecular weight is 321 g/mol. The third kappa shape index (κ3) is 3.10. The lowest BCUT2D eigenvalue weighted by Gasteiger charge is -2.24. The lowest BCUT2D eigenvalue weighted by molar-refractivity contribution is -0.114. The van der Waals surface area contributed by atoms with Crippen LogP contribution in [0.2, 0.25) is 0 Å². The van der Waals surface area contributed by atoms with Crippen LogP contribution in [0.1, 0.15) is 22.4 Å². The van der Waals surface area contributed by atoms with Crippen LogP contribution in [0.4, 0.5) is 5.69 Å². The molecule has 0 bridgehead atoms. The Morgan fingerprint density at radius 2 is 2.29 bits per heavy atom. The molecule has 0 atom stereocenters. The number of amides is 1. The van der Waals surface area contributed by atoms with Gasteiger partial charge < -0.3 is 14.2 Å². The maximum Gasteiger partial charge on any atom is 0.250 e.